The normalized spacial score (nSPS) is 12.6. The molecule has 0 radical (unpaired) electrons. The summed E-state index contributed by atoms with van der Waals surface area (Å²) >= 11 is 0. The third-order valence-corrected chi connectivity index (χ3v) is 3.36. The molecule has 0 spiro atoms. The van der Waals surface area contributed by atoms with Gasteiger partial charge in [-0.25, -0.2) is 4.79 Å². The number of nitrogens with two attached hydrogens (primary N) is 1. The lowest BCUT2D eigenvalue weighted by Crippen LogP contribution is -2.52. The highest BCUT2D eigenvalue weighted by Crippen LogP contribution is 2.17. The molecule has 0 rings (SSSR count). The van der Waals surface area contributed by atoms with Gasteiger partial charge < -0.3 is 21.1 Å². The second-order valence-corrected chi connectivity index (χ2v) is 7.09. The van der Waals surface area contributed by atoms with Crippen molar-refractivity contribution in [3.63, 3.8) is 0 Å². The summed E-state index contributed by atoms with van der Waals surface area (Å²) in [4.78, 5) is 16.4. The molecule has 0 bridgehead atoms. The first kappa shape index (κ1) is 24.5. The minimum Gasteiger partial charge on any atom is -0.444 e. The minimum atomic E-state index is -0.515. The van der Waals surface area contributed by atoms with Crippen LogP contribution in [0.5, 0.6) is 0 Å². The van der Waals surface area contributed by atoms with Gasteiger partial charge in [0, 0.05) is 6.54 Å². The molecule has 6 nitrogen and oxygen atoms in total. The van der Waals surface area contributed by atoms with Gasteiger partial charge in [-0.05, 0) is 39.5 Å². The Labute approximate surface area is 158 Å². The number of aliphatic imine (C=N–C) groups is 1. The fourth-order valence-corrected chi connectivity index (χ4v) is 1.81. The predicted octanol–water partition coefficient (Wildman–Crippen LogP) is 3.25. The van der Waals surface area contributed by atoms with Crippen LogP contribution in [0.4, 0.5) is 4.79 Å². The molecular weight excluding hydrogens is 407 g/mol. The van der Waals surface area contributed by atoms with Crippen molar-refractivity contribution in [3.05, 3.63) is 0 Å². The number of hydrogen-bond acceptors (Lipinski definition) is 3. The number of alkyl carbamates (subject to hydrolysis) is 1. The van der Waals surface area contributed by atoms with Crippen LogP contribution < -0.4 is 16.4 Å². The number of rotatable bonds is 7. The van der Waals surface area contributed by atoms with Gasteiger partial charge in [0.25, 0.3) is 0 Å². The molecule has 0 atom stereocenters. The van der Waals surface area contributed by atoms with E-state index in [9.17, 15) is 4.79 Å². The summed E-state index contributed by atoms with van der Waals surface area (Å²) in [5, 5.41) is 6.03. The van der Waals surface area contributed by atoms with E-state index in [1.807, 2.05) is 34.6 Å². The minimum absolute atomic E-state index is 0. The van der Waals surface area contributed by atoms with Crippen molar-refractivity contribution in [2.75, 3.05) is 13.1 Å². The van der Waals surface area contributed by atoms with E-state index < -0.39 is 17.2 Å². The Balaban J connectivity index is 0. The highest BCUT2D eigenvalue weighted by molar-refractivity contribution is 14.0. The highest BCUT2D eigenvalue weighted by Gasteiger charge is 2.30. The number of ether oxygens (including phenoxy) is 1. The van der Waals surface area contributed by atoms with E-state index in [4.69, 9.17) is 10.5 Å². The van der Waals surface area contributed by atoms with Crippen molar-refractivity contribution in [3.8, 4) is 0 Å². The Morgan fingerprint density at radius 1 is 1.22 bits per heavy atom. The first-order chi connectivity index (χ1) is 10.0. The van der Waals surface area contributed by atoms with Crippen LogP contribution in [0.1, 0.15) is 61.3 Å². The zero-order valence-corrected chi connectivity index (χ0v) is 18.0. The van der Waals surface area contributed by atoms with Crippen LogP contribution >= 0.6 is 24.0 Å². The topological polar surface area (TPSA) is 88.7 Å². The van der Waals surface area contributed by atoms with Crippen molar-refractivity contribution in [2.24, 2.45) is 16.6 Å². The number of amides is 1. The highest BCUT2D eigenvalue weighted by atomic mass is 127. The van der Waals surface area contributed by atoms with Crippen LogP contribution in [0.2, 0.25) is 0 Å². The molecule has 0 saturated carbocycles. The van der Waals surface area contributed by atoms with Gasteiger partial charge >= 0.3 is 6.09 Å². The van der Waals surface area contributed by atoms with Gasteiger partial charge in [0.05, 0.1) is 12.1 Å². The zero-order chi connectivity index (χ0) is 17.4. The molecule has 0 fully saturated rings. The van der Waals surface area contributed by atoms with E-state index in [0.29, 0.717) is 18.4 Å². The van der Waals surface area contributed by atoms with Crippen LogP contribution in [-0.4, -0.2) is 36.3 Å². The van der Waals surface area contributed by atoms with Crippen molar-refractivity contribution in [1.82, 2.24) is 10.6 Å². The van der Waals surface area contributed by atoms with Gasteiger partial charge in [-0.3, -0.25) is 4.99 Å². The van der Waals surface area contributed by atoms with Crippen LogP contribution in [-0.2, 0) is 4.74 Å². The Hall–Kier alpha value is -0.730. The van der Waals surface area contributed by atoms with E-state index in [-0.39, 0.29) is 24.0 Å². The first-order valence-corrected chi connectivity index (χ1v) is 8.08. The molecule has 7 heteroatoms. The lowest BCUT2D eigenvalue weighted by molar-refractivity contribution is 0.0452. The average molecular weight is 442 g/mol. The second-order valence-electron chi connectivity index (χ2n) is 7.09. The maximum absolute atomic E-state index is 12.0. The van der Waals surface area contributed by atoms with Crippen molar-refractivity contribution < 1.29 is 9.53 Å². The largest absolute Gasteiger partial charge is 0.444 e. The summed E-state index contributed by atoms with van der Waals surface area (Å²) in [7, 11) is 0. The average Bonchev–Trinajstić information content (AvgIpc) is 2.39. The van der Waals surface area contributed by atoms with Crippen LogP contribution in [0, 0.1) is 5.92 Å². The Morgan fingerprint density at radius 3 is 2.13 bits per heavy atom. The smallest absolute Gasteiger partial charge is 0.408 e. The van der Waals surface area contributed by atoms with Gasteiger partial charge in [0.15, 0.2) is 5.96 Å². The number of nitrogens with one attached hydrogen (secondary N) is 2. The van der Waals surface area contributed by atoms with Crippen molar-refractivity contribution in [2.45, 2.75) is 72.4 Å². The second kappa shape index (κ2) is 10.9. The third-order valence-electron chi connectivity index (χ3n) is 3.36. The summed E-state index contributed by atoms with van der Waals surface area (Å²) in [6, 6.07) is 0. The molecule has 0 aliphatic rings. The molecule has 23 heavy (non-hydrogen) atoms. The lowest BCUT2D eigenvalue weighted by Gasteiger charge is -2.32. The monoisotopic (exact) mass is 442 g/mol. The lowest BCUT2D eigenvalue weighted by atomic mass is 9.93. The third kappa shape index (κ3) is 11.4. The Kier molecular flexibility index (Phi) is 11.7. The number of carbonyl (C=O) groups is 1. The zero-order valence-electron chi connectivity index (χ0n) is 15.7. The SMILES string of the molecule is CCC(CC)(CN=C(N)NCC(C)C)NC(=O)OC(C)(C)C.I. The van der Waals surface area contributed by atoms with E-state index >= 15 is 0 Å². The fraction of sp³-hybridized carbons (Fsp3) is 0.875. The molecule has 0 aliphatic carbocycles. The molecule has 138 valence electrons. The molecule has 0 saturated heterocycles. The Morgan fingerprint density at radius 2 is 1.74 bits per heavy atom. The maximum atomic E-state index is 12.0. The summed E-state index contributed by atoms with van der Waals surface area (Å²) in [5.41, 5.74) is 4.91. The van der Waals surface area contributed by atoms with Gasteiger partial charge in [-0.1, -0.05) is 27.7 Å². The number of guanidine groups is 1. The first-order valence-electron chi connectivity index (χ1n) is 8.08. The van der Waals surface area contributed by atoms with Gasteiger partial charge in [-0.2, -0.15) is 0 Å². The molecule has 0 heterocycles. The van der Waals surface area contributed by atoms with Crippen LogP contribution in [0.3, 0.4) is 0 Å². The van der Waals surface area contributed by atoms with Gasteiger partial charge in [-0.15, -0.1) is 24.0 Å². The van der Waals surface area contributed by atoms with E-state index in [0.717, 1.165) is 19.4 Å². The number of carbonyl (C=O) groups excluding carboxylic acids is 1. The molecule has 0 aromatic rings. The van der Waals surface area contributed by atoms with Crippen LogP contribution in [0.15, 0.2) is 4.99 Å². The predicted molar refractivity (Wildman–Crippen MR) is 107 cm³/mol. The molecule has 0 unspecified atom stereocenters. The summed E-state index contributed by atoms with van der Waals surface area (Å²) < 4.78 is 5.34. The molecule has 0 aromatic heterocycles. The maximum Gasteiger partial charge on any atom is 0.408 e. The van der Waals surface area contributed by atoms with Gasteiger partial charge in [0.1, 0.15) is 5.60 Å². The standard InChI is InChI=1S/C16H34N4O2.HI/c1-8-16(9-2,20-14(21)22-15(5,6)7)11-19-13(17)18-10-12(3)4;/h12H,8-11H2,1-7H3,(H,20,21)(H3,17,18,19);1H. The molecule has 4 N–H and O–H groups in total. The summed E-state index contributed by atoms with van der Waals surface area (Å²) in [5.74, 6) is 0.904. The Bertz CT molecular complexity index is 375. The van der Waals surface area contributed by atoms with Crippen molar-refractivity contribution >= 4 is 36.0 Å². The number of halogens is 1. The summed E-state index contributed by atoms with van der Waals surface area (Å²) in [6.07, 6.45) is 1.09. The number of hydrogen-bond donors (Lipinski definition) is 3. The summed E-state index contributed by atoms with van der Waals surface area (Å²) in [6.45, 7) is 15.0. The quantitative estimate of drug-likeness (QED) is 0.321. The molecule has 0 aliphatic heterocycles. The van der Waals surface area contributed by atoms with E-state index in [1.54, 1.807) is 0 Å². The molecular formula is C16H35IN4O2. The molecule has 0 aromatic carbocycles. The van der Waals surface area contributed by atoms with Crippen LogP contribution in [0.25, 0.3) is 0 Å². The van der Waals surface area contributed by atoms with Crippen molar-refractivity contribution in [1.29, 1.82) is 0 Å². The fourth-order valence-electron chi connectivity index (χ4n) is 1.81. The van der Waals surface area contributed by atoms with Gasteiger partial charge in [0.2, 0.25) is 0 Å². The van der Waals surface area contributed by atoms with E-state index in [1.165, 1.54) is 0 Å². The number of nitrogens with zero attached hydrogens (tertiary/aromatic N) is 1. The van der Waals surface area contributed by atoms with E-state index in [2.05, 4.69) is 29.5 Å². The molecule has 1 amide bonds.